The van der Waals surface area contributed by atoms with E-state index in [2.05, 4.69) is 0 Å². The fourth-order valence-corrected chi connectivity index (χ4v) is 3.11. The average Bonchev–Trinajstić information content (AvgIpc) is 2.48. The zero-order valence-corrected chi connectivity index (χ0v) is 7.38. The maximum atomic E-state index is 11.2. The van der Waals surface area contributed by atoms with E-state index in [1.165, 1.54) is 6.42 Å². The van der Waals surface area contributed by atoms with Crippen LogP contribution in [0.4, 0.5) is 0 Å². The second-order valence-corrected chi connectivity index (χ2v) is 4.30. The molecule has 0 bridgehead atoms. The molecular weight excluding hydrogens is 152 g/mol. The van der Waals surface area contributed by atoms with Crippen LogP contribution in [0.25, 0.3) is 0 Å². The van der Waals surface area contributed by atoms with Crippen LogP contribution in [0.2, 0.25) is 0 Å². The number of carbonyl (C=O) groups is 1. The predicted molar refractivity (Wildman–Crippen MR) is 45.9 cm³/mol. The quantitative estimate of drug-likeness (QED) is 0.653. The van der Waals surface area contributed by atoms with Crippen LogP contribution in [0.5, 0.6) is 0 Å². The molecule has 0 spiro atoms. The summed E-state index contributed by atoms with van der Waals surface area (Å²) < 4.78 is 0. The van der Waals surface area contributed by atoms with Gasteiger partial charge in [-0.2, -0.15) is 0 Å². The van der Waals surface area contributed by atoms with Crippen molar-refractivity contribution in [1.82, 2.24) is 0 Å². The molecule has 2 rings (SSSR count). The van der Waals surface area contributed by atoms with Gasteiger partial charge in [0.1, 0.15) is 0 Å². The van der Waals surface area contributed by atoms with Crippen LogP contribution < -0.4 is 0 Å². The fraction of sp³-hybridized carbons (Fsp3) is 0.900. The molecule has 2 heteroatoms. The van der Waals surface area contributed by atoms with E-state index in [-0.39, 0.29) is 5.41 Å². The van der Waals surface area contributed by atoms with Gasteiger partial charge >= 0.3 is 5.97 Å². The molecule has 0 aromatic rings. The first kappa shape index (κ1) is 8.09. The van der Waals surface area contributed by atoms with Crippen molar-refractivity contribution in [3.05, 3.63) is 0 Å². The summed E-state index contributed by atoms with van der Waals surface area (Å²) >= 11 is 0. The van der Waals surface area contributed by atoms with Crippen LogP contribution in [0.15, 0.2) is 0 Å². The van der Waals surface area contributed by atoms with E-state index < -0.39 is 5.97 Å². The van der Waals surface area contributed by atoms with Gasteiger partial charge in [0.05, 0.1) is 5.41 Å². The third-order valence-electron chi connectivity index (χ3n) is 3.81. The Balaban J connectivity index is 2.23. The molecule has 2 fully saturated rings. The normalized spacial score (nSPS) is 40.8. The van der Waals surface area contributed by atoms with Gasteiger partial charge in [0.2, 0.25) is 0 Å². The first-order valence-corrected chi connectivity index (χ1v) is 4.99. The van der Waals surface area contributed by atoms with Crippen LogP contribution in [-0.2, 0) is 4.79 Å². The summed E-state index contributed by atoms with van der Waals surface area (Å²) in [6.07, 6.45) is 7.71. The molecule has 2 aliphatic carbocycles. The van der Waals surface area contributed by atoms with Crippen molar-refractivity contribution in [2.24, 2.45) is 11.3 Å². The lowest BCUT2D eigenvalue weighted by atomic mass is 9.68. The van der Waals surface area contributed by atoms with Gasteiger partial charge in [-0.25, -0.2) is 0 Å². The Labute approximate surface area is 73.0 Å². The highest BCUT2D eigenvalue weighted by molar-refractivity contribution is 5.75. The molecular formula is C10H16O2. The zero-order valence-electron chi connectivity index (χ0n) is 7.38. The van der Waals surface area contributed by atoms with Gasteiger partial charge < -0.3 is 5.11 Å². The molecule has 0 radical (unpaired) electrons. The standard InChI is InChI=1S/C10H16O2/c11-9(12)10-6-2-1-4-8(10)5-3-7-10/h8H,1-7H2,(H,11,12)/t8-,10-/m1/s1. The molecule has 0 aliphatic heterocycles. The predicted octanol–water partition coefficient (Wildman–Crippen LogP) is 2.43. The number of fused-ring (bicyclic) bond motifs is 1. The van der Waals surface area contributed by atoms with E-state index in [9.17, 15) is 9.90 Å². The summed E-state index contributed by atoms with van der Waals surface area (Å²) in [5.41, 5.74) is -0.293. The van der Waals surface area contributed by atoms with Crippen LogP contribution in [0.1, 0.15) is 44.9 Å². The Bertz CT molecular complexity index is 200. The van der Waals surface area contributed by atoms with Gasteiger partial charge in [0.15, 0.2) is 0 Å². The van der Waals surface area contributed by atoms with Crippen molar-refractivity contribution in [3.8, 4) is 0 Å². The van der Waals surface area contributed by atoms with Gasteiger partial charge in [0, 0.05) is 0 Å². The minimum Gasteiger partial charge on any atom is -0.481 e. The van der Waals surface area contributed by atoms with Gasteiger partial charge in [-0.05, 0) is 31.6 Å². The molecule has 68 valence electrons. The Hall–Kier alpha value is -0.530. The molecule has 0 saturated heterocycles. The fourth-order valence-electron chi connectivity index (χ4n) is 3.11. The molecule has 2 aliphatic rings. The Morgan fingerprint density at radius 1 is 1.17 bits per heavy atom. The molecule has 0 unspecified atom stereocenters. The molecule has 0 amide bonds. The lowest BCUT2D eigenvalue weighted by Gasteiger charge is -2.35. The Kier molecular flexibility index (Phi) is 1.85. The first-order valence-electron chi connectivity index (χ1n) is 4.99. The SMILES string of the molecule is O=C(O)[C@@]12CCCC[C@@H]1CCC2. The summed E-state index contributed by atoms with van der Waals surface area (Å²) in [6, 6.07) is 0. The smallest absolute Gasteiger partial charge is 0.309 e. The van der Waals surface area contributed by atoms with Crippen LogP contribution in [0.3, 0.4) is 0 Å². The maximum Gasteiger partial charge on any atom is 0.309 e. The lowest BCUT2D eigenvalue weighted by molar-refractivity contribution is -0.153. The molecule has 1 N–H and O–H groups in total. The first-order chi connectivity index (χ1) is 5.76. The highest BCUT2D eigenvalue weighted by Crippen LogP contribution is 2.52. The van der Waals surface area contributed by atoms with Gasteiger partial charge in [-0.1, -0.05) is 19.3 Å². The largest absolute Gasteiger partial charge is 0.481 e. The van der Waals surface area contributed by atoms with E-state index in [1.54, 1.807) is 0 Å². The second-order valence-electron chi connectivity index (χ2n) is 4.30. The number of hydrogen-bond donors (Lipinski definition) is 1. The van der Waals surface area contributed by atoms with E-state index in [0.29, 0.717) is 5.92 Å². The third-order valence-corrected chi connectivity index (χ3v) is 3.81. The summed E-state index contributed by atoms with van der Waals surface area (Å²) in [5.74, 6) is -0.0200. The summed E-state index contributed by atoms with van der Waals surface area (Å²) in [7, 11) is 0. The molecule has 2 saturated carbocycles. The maximum absolute atomic E-state index is 11.2. The van der Waals surface area contributed by atoms with Gasteiger partial charge in [-0.15, -0.1) is 0 Å². The molecule has 2 nitrogen and oxygen atoms in total. The van der Waals surface area contributed by atoms with Crippen molar-refractivity contribution in [2.45, 2.75) is 44.9 Å². The van der Waals surface area contributed by atoms with E-state index >= 15 is 0 Å². The van der Waals surface area contributed by atoms with Crippen molar-refractivity contribution >= 4 is 5.97 Å². The number of hydrogen-bond acceptors (Lipinski definition) is 1. The van der Waals surface area contributed by atoms with Crippen molar-refractivity contribution < 1.29 is 9.90 Å². The number of carboxylic acids is 1. The molecule has 2 atom stereocenters. The average molecular weight is 168 g/mol. The van der Waals surface area contributed by atoms with E-state index in [0.717, 1.165) is 38.5 Å². The Morgan fingerprint density at radius 2 is 1.83 bits per heavy atom. The third kappa shape index (κ3) is 0.970. The van der Waals surface area contributed by atoms with E-state index in [1.807, 2.05) is 0 Å². The topological polar surface area (TPSA) is 37.3 Å². The minimum atomic E-state index is -0.523. The molecule has 0 aromatic heterocycles. The number of rotatable bonds is 1. The summed E-state index contributed by atoms with van der Waals surface area (Å²) in [4.78, 5) is 11.2. The Morgan fingerprint density at radius 3 is 2.50 bits per heavy atom. The van der Waals surface area contributed by atoms with Gasteiger partial charge in [-0.3, -0.25) is 4.79 Å². The van der Waals surface area contributed by atoms with E-state index in [4.69, 9.17) is 0 Å². The zero-order chi connectivity index (χ0) is 8.60. The highest BCUT2D eigenvalue weighted by Gasteiger charge is 2.49. The van der Waals surface area contributed by atoms with Gasteiger partial charge in [0.25, 0.3) is 0 Å². The highest BCUT2D eigenvalue weighted by atomic mass is 16.4. The molecule has 0 heterocycles. The second kappa shape index (κ2) is 2.75. The summed E-state index contributed by atoms with van der Waals surface area (Å²) in [6.45, 7) is 0. The van der Waals surface area contributed by atoms with Crippen molar-refractivity contribution in [3.63, 3.8) is 0 Å². The van der Waals surface area contributed by atoms with Crippen molar-refractivity contribution in [2.75, 3.05) is 0 Å². The van der Waals surface area contributed by atoms with Crippen LogP contribution >= 0.6 is 0 Å². The van der Waals surface area contributed by atoms with Crippen LogP contribution in [-0.4, -0.2) is 11.1 Å². The molecule has 12 heavy (non-hydrogen) atoms. The van der Waals surface area contributed by atoms with Crippen molar-refractivity contribution in [1.29, 1.82) is 0 Å². The monoisotopic (exact) mass is 168 g/mol. The van der Waals surface area contributed by atoms with Crippen LogP contribution in [0, 0.1) is 11.3 Å². The molecule has 0 aromatic carbocycles. The lowest BCUT2D eigenvalue weighted by Crippen LogP contribution is -2.37. The number of aliphatic carboxylic acids is 1. The summed E-state index contributed by atoms with van der Waals surface area (Å²) in [5, 5.41) is 9.20. The minimum absolute atomic E-state index is 0.293. The number of carboxylic acid groups (broad SMARTS) is 1.